The first-order chi connectivity index (χ1) is 12.0. The van der Waals surface area contributed by atoms with Crippen LogP contribution in [0.3, 0.4) is 0 Å². The van der Waals surface area contributed by atoms with Crippen LogP contribution in [0.15, 0.2) is 36.4 Å². The minimum atomic E-state index is -0.298. The number of esters is 1. The van der Waals surface area contributed by atoms with E-state index < -0.39 is 0 Å². The summed E-state index contributed by atoms with van der Waals surface area (Å²) in [5.41, 5.74) is 2.09. The van der Waals surface area contributed by atoms with Gasteiger partial charge in [0.25, 0.3) is 0 Å². The molecular formula is C20H23NO4. The van der Waals surface area contributed by atoms with Crippen LogP contribution in [-0.4, -0.2) is 29.5 Å². The number of fused-ring (bicyclic) bond motifs is 1. The fourth-order valence-corrected chi connectivity index (χ4v) is 3.28. The third-order valence-electron chi connectivity index (χ3n) is 4.47. The molecule has 5 nitrogen and oxygen atoms in total. The Morgan fingerprint density at radius 2 is 1.84 bits per heavy atom. The molecule has 3 rings (SSSR count). The molecule has 1 aromatic heterocycles. The lowest BCUT2D eigenvalue weighted by Gasteiger charge is -2.25. The van der Waals surface area contributed by atoms with Crippen molar-refractivity contribution in [3.05, 3.63) is 53.3 Å². The summed E-state index contributed by atoms with van der Waals surface area (Å²) in [5.74, 6) is 0.156. The van der Waals surface area contributed by atoms with Crippen LogP contribution in [0, 0.1) is 0 Å². The Kier molecular flexibility index (Phi) is 4.93. The van der Waals surface area contributed by atoms with E-state index in [-0.39, 0.29) is 23.8 Å². The molecule has 1 aliphatic heterocycles. The zero-order valence-electron chi connectivity index (χ0n) is 14.8. The number of carbonyl (C=O) groups excluding carboxylic acids is 2. The summed E-state index contributed by atoms with van der Waals surface area (Å²) >= 11 is 0. The van der Waals surface area contributed by atoms with Crippen LogP contribution in [0.1, 0.15) is 54.4 Å². The highest BCUT2D eigenvalue weighted by Crippen LogP contribution is 2.31. The molecule has 1 atom stereocenters. The average molecular weight is 341 g/mol. The Morgan fingerprint density at radius 1 is 1.12 bits per heavy atom. The summed E-state index contributed by atoms with van der Waals surface area (Å²) in [6, 6.07) is 10.8. The number of ketones is 1. The molecule has 132 valence electrons. The molecule has 2 heterocycles. The Hall–Kier alpha value is -2.56. The second-order valence-electron chi connectivity index (χ2n) is 6.53. The van der Waals surface area contributed by atoms with Crippen LogP contribution in [0.5, 0.6) is 5.75 Å². The van der Waals surface area contributed by atoms with E-state index in [0.29, 0.717) is 17.0 Å². The molecule has 1 aromatic carbocycles. The summed E-state index contributed by atoms with van der Waals surface area (Å²) in [5, 5.41) is 0. The van der Waals surface area contributed by atoms with Gasteiger partial charge in [-0.15, -0.1) is 0 Å². The van der Waals surface area contributed by atoms with Gasteiger partial charge in [0.1, 0.15) is 5.75 Å². The van der Waals surface area contributed by atoms with Gasteiger partial charge in [-0.25, -0.2) is 0 Å². The maximum absolute atomic E-state index is 12.9. The standard InChI is InChI=1S/C20H23NO4/c1-13(2)25-20(23)16-5-4-12-21-17(16)10-11-18(21)19(22)14-6-8-15(24-3)9-7-14/h6-11,13,16H,4-5,12H2,1-3H3. The number of rotatable bonds is 5. The van der Waals surface area contributed by atoms with Crippen molar-refractivity contribution < 1.29 is 19.1 Å². The first-order valence-electron chi connectivity index (χ1n) is 8.60. The summed E-state index contributed by atoms with van der Waals surface area (Å²) < 4.78 is 12.5. The van der Waals surface area contributed by atoms with Gasteiger partial charge in [0.15, 0.2) is 0 Å². The number of carbonyl (C=O) groups is 2. The number of nitrogens with zero attached hydrogens (tertiary/aromatic N) is 1. The molecule has 1 unspecified atom stereocenters. The predicted octanol–water partition coefficient (Wildman–Crippen LogP) is 3.56. The number of ether oxygens (including phenoxy) is 2. The van der Waals surface area contributed by atoms with Crippen molar-refractivity contribution in [3.63, 3.8) is 0 Å². The van der Waals surface area contributed by atoms with Crippen molar-refractivity contribution in [3.8, 4) is 5.75 Å². The molecular weight excluding hydrogens is 318 g/mol. The molecule has 25 heavy (non-hydrogen) atoms. The maximum atomic E-state index is 12.9. The highest BCUT2D eigenvalue weighted by molar-refractivity contribution is 6.08. The molecule has 0 saturated carbocycles. The number of benzene rings is 1. The average Bonchev–Trinajstić information content (AvgIpc) is 3.04. The van der Waals surface area contributed by atoms with Gasteiger partial charge in [0.05, 0.1) is 24.8 Å². The predicted molar refractivity (Wildman–Crippen MR) is 94.1 cm³/mol. The molecule has 5 heteroatoms. The molecule has 0 fully saturated rings. The van der Waals surface area contributed by atoms with Crippen LogP contribution >= 0.6 is 0 Å². The summed E-state index contributed by atoms with van der Waals surface area (Å²) in [6.07, 6.45) is 1.46. The first kappa shape index (κ1) is 17.3. The third kappa shape index (κ3) is 3.45. The van der Waals surface area contributed by atoms with E-state index in [1.807, 2.05) is 30.5 Å². The van der Waals surface area contributed by atoms with Crippen molar-refractivity contribution in [1.82, 2.24) is 4.57 Å². The normalized spacial score (nSPS) is 16.4. The minimum absolute atomic E-state index is 0.0493. The van der Waals surface area contributed by atoms with Gasteiger partial charge in [0, 0.05) is 17.8 Å². The van der Waals surface area contributed by atoms with Crippen LogP contribution in [-0.2, 0) is 16.1 Å². The molecule has 0 saturated heterocycles. The van der Waals surface area contributed by atoms with Gasteiger partial charge in [-0.2, -0.15) is 0 Å². The molecule has 0 amide bonds. The first-order valence-corrected chi connectivity index (χ1v) is 8.60. The quantitative estimate of drug-likeness (QED) is 0.616. The topological polar surface area (TPSA) is 57.5 Å². The van der Waals surface area contributed by atoms with Gasteiger partial charge >= 0.3 is 5.97 Å². The second-order valence-corrected chi connectivity index (χ2v) is 6.53. The summed E-state index contributed by atoms with van der Waals surface area (Å²) in [6.45, 7) is 4.43. The Balaban J connectivity index is 1.88. The van der Waals surface area contributed by atoms with Crippen LogP contribution in [0.25, 0.3) is 0 Å². The van der Waals surface area contributed by atoms with Gasteiger partial charge in [-0.05, 0) is 63.1 Å². The number of methoxy groups -OCH3 is 1. The molecule has 1 aliphatic rings. The fourth-order valence-electron chi connectivity index (χ4n) is 3.28. The molecule has 0 spiro atoms. The van der Waals surface area contributed by atoms with Gasteiger partial charge in [-0.3, -0.25) is 9.59 Å². The van der Waals surface area contributed by atoms with Crippen molar-refractivity contribution >= 4 is 11.8 Å². The largest absolute Gasteiger partial charge is 0.497 e. The van der Waals surface area contributed by atoms with Gasteiger partial charge in [0.2, 0.25) is 5.78 Å². The van der Waals surface area contributed by atoms with E-state index >= 15 is 0 Å². The smallest absolute Gasteiger partial charge is 0.315 e. The van der Waals surface area contributed by atoms with Crippen molar-refractivity contribution in [2.24, 2.45) is 0 Å². The van der Waals surface area contributed by atoms with E-state index in [2.05, 4.69) is 0 Å². The Morgan fingerprint density at radius 3 is 2.48 bits per heavy atom. The molecule has 0 bridgehead atoms. The highest BCUT2D eigenvalue weighted by Gasteiger charge is 2.31. The molecule has 2 aromatic rings. The lowest BCUT2D eigenvalue weighted by molar-refractivity contribution is -0.149. The number of hydrogen-bond acceptors (Lipinski definition) is 4. The van der Waals surface area contributed by atoms with Crippen LogP contribution in [0.2, 0.25) is 0 Å². The van der Waals surface area contributed by atoms with Crippen molar-refractivity contribution in [1.29, 1.82) is 0 Å². The zero-order chi connectivity index (χ0) is 18.0. The van der Waals surface area contributed by atoms with Gasteiger partial charge < -0.3 is 14.0 Å². The fraction of sp³-hybridized carbons (Fsp3) is 0.400. The summed E-state index contributed by atoms with van der Waals surface area (Å²) in [7, 11) is 1.59. The monoisotopic (exact) mass is 341 g/mol. The lowest BCUT2D eigenvalue weighted by atomic mass is 9.96. The molecule has 0 radical (unpaired) electrons. The maximum Gasteiger partial charge on any atom is 0.315 e. The summed E-state index contributed by atoms with van der Waals surface area (Å²) in [4.78, 5) is 25.2. The Labute approximate surface area is 147 Å². The SMILES string of the molecule is COc1ccc(C(=O)c2ccc3n2CCCC3C(=O)OC(C)C)cc1. The van der Waals surface area contributed by atoms with E-state index in [1.54, 1.807) is 31.4 Å². The van der Waals surface area contributed by atoms with Crippen molar-refractivity contribution in [2.75, 3.05) is 7.11 Å². The van der Waals surface area contributed by atoms with E-state index in [1.165, 1.54) is 0 Å². The number of hydrogen-bond donors (Lipinski definition) is 0. The van der Waals surface area contributed by atoms with Crippen LogP contribution in [0.4, 0.5) is 0 Å². The third-order valence-corrected chi connectivity index (χ3v) is 4.47. The Bertz CT molecular complexity index is 773. The van der Waals surface area contributed by atoms with Gasteiger partial charge in [-0.1, -0.05) is 0 Å². The zero-order valence-corrected chi connectivity index (χ0v) is 14.8. The van der Waals surface area contributed by atoms with Crippen LogP contribution < -0.4 is 4.74 Å². The van der Waals surface area contributed by atoms with E-state index in [9.17, 15) is 9.59 Å². The molecule has 0 N–H and O–H groups in total. The van der Waals surface area contributed by atoms with E-state index in [0.717, 1.165) is 25.1 Å². The number of aromatic nitrogens is 1. The highest BCUT2D eigenvalue weighted by atomic mass is 16.5. The minimum Gasteiger partial charge on any atom is -0.497 e. The lowest BCUT2D eigenvalue weighted by Crippen LogP contribution is -2.27. The second kappa shape index (κ2) is 7.13. The van der Waals surface area contributed by atoms with E-state index in [4.69, 9.17) is 9.47 Å². The molecule has 0 aliphatic carbocycles. The van der Waals surface area contributed by atoms with Crippen molar-refractivity contribution in [2.45, 2.75) is 45.3 Å².